The van der Waals surface area contributed by atoms with Crippen molar-refractivity contribution >= 4 is 45.7 Å². The molecule has 0 unspecified atom stereocenters. The maximum atomic E-state index is 12.3. The van der Waals surface area contributed by atoms with Gasteiger partial charge in [0.05, 0.1) is 6.61 Å². The summed E-state index contributed by atoms with van der Waals surface area (Å²) < 4.78 is 5.75. The van der Waals surface area contributed by atoms with Crippen LogP contribution in [0.25, 0.3) is 0 Å². The average molecular weight is 380 g/mol. The molecule has 0 spiro atoms. The Labute approximate surface area is 154 Å². The first-order valence-corrected chi connectivity index (χ1v) is 9.59. The Bertz CT molecular complexity index is 721. The van der Waals surface area contributed by atoms with Gasteiger partial charge in [0.2, 0.25) is 11.0 Å². The minimum absolute atomic E-state index is 0.0677. The second-order valence-electron chi connectivity index (χ2n) is 5.05. The molecule has 0 fully saturated rings. The fourth-order valence-electron chi connectivity index (χ4n) is 1.89. The van der Waals surface area contributed by atoms with Crippen molar-refractivity contribution in [3.05, 3.63) is 29.8 Å². The van der Waals surface area contributed by atoms with Gasteiger partial charge in [-0.15, -0.1) is 10.2 Å². The van der Waals surface area contributed by atoms with Gasteiger partial charge in [0.25, 0.3) is 5.91 Å². The van der Waals surface area contributed by atoms with Gasteiger partial charge in [-0.25, -0.2) is 0 Å². The molecule has 2 N–H and O–H groups in total. The van der Waals surface area contributed by atoms with Crippen molar-refractivity contribution in [2.24, 2.45) is 0 Å². The fraction of sp³-hybridized carbons (Fsp3) is 0.375. The lowest BCUT2D eigenvalue weighted by Gasteiger charge is -2.06. The molecule has 0 saturated carbocycles. The van der Waals surface area contributed by atoms with E-state index in [1.807, 2.05) is 6.92 Å². The van der Waals surface area contributed by atoms with Gasteiger partial charge in [-0.3, -0.25) is 14.9 Å². The van der Waals surface area contributed by atoms with Crippen molar-refractivity contribution in [2.75, 3.05) is 30.1 Å². The number of thioether (sulfide) groups is 1. The van der Waals surface area contributed by atoms with E-state index in [1.54, 1.807) is 31.4 Å². The number of carbonyl (C=O) groups is 2. The van der Waals surface area contributed by atoms with Crippen LogP contribution in [0.4, 0.5) is 10.8 Å². The molecule has 2 rings (SSSR count). The number of anilines is 2. The highest BCUT2D eigenvalue weighted by Gasteiger charge is 2.11. The summed E-state index contributed by atoms with van der Waals surface area (Å²) in [6.45, 7) is 2.57. The zero-order valence-electron chi connectivity index (χ0n) is 14.1. The number of benzene rings is 1. The molecule has 1 aromatic heterocycles. The van der Waals surface area contributed by atoms with Gasteiger partial charge < -0.3 is 10.1 Å². The predicted octanol–water partition coefficient (Wildman–Crippen LogP) is 3.27. The van der Waals surface area contributed by atoms with Crippen molar-refractivity contribution in [3.63, 3.8) is 0 Å². The molecule has 0 bridgehead atoms. The summed E-state index contributed by atoms with van der Waals surface area (Å²) in [5, 5.41) is 13.9. The highest BCUT2D eigenvalue weighted by molar-refractivity contribution is 8.01. The van der Waals surface area contributed by atoms with Crippen LogP contribution in [0.2, 0.25) is 0 Å². The van der Waals surface area contributed by atoms with Crippen molar-refractivity contribution < 1.29 is 14.3 Å². The number of hydrogen-bond acceptors (Lipinski definition) is 7. The highest BCUT2D eigenvalue weighted by Crippen LogP contribution is 2.25. The maximum Gasteiger partial charge on any atom is 0.257 e. The molecule has 134 valence electrons. The predicted molar refractivity (Wildman–Crippen MR) is 100 cm³/mol. The van der Waals surface area contributed by atoms with Crippen molar-refractivity contribution in [3.8, 4) is 0 Å². The molecule has 0 atom stereocenters. The minimum Gasteiger partial charge on any atom is -0.384 e. The molecule has 1 heterocycles. The second kappa shape index (κ2) is 10.1. The normalized spacial score (nSPS) is 10.5. The van der Waals surface area contributed by atoms with Crippen LogP contribution in [0.5, 0.6) is 0 Å². The van der Waals surface area contributed by atoms with Crippen LogP contribution in [0, 0.1) is 0 Å². The van der Waals surface area contributed by atoms with Crippen LogP contribution in [0.3, 0.4) is 0 Å². The number of rotatable bonds is 9. The largest absolute Gasteiger partial charge is 0.384 e. The Balaban J connectivity index is 1.95. The fourth-order valence-corrected chi connectivity index (χ4v) is 3.61. The van der Waals surface area contributed by atoms with Crippen LogP contribution in [-0.2, 0) is 9.53 Å². The Hall–Kier alpha value is -1.97. The Morgan fingerprint density at radius 1 is 1.28 bits per heavy atom. The topological polar surface area (TPSA) is 93.2 Å². The van der Waals surface area contributed by atoms with Gasteiger partial charge in [-0.05, 0) is 24.6 Å². The zero-order valence-corrected chi connectivity index (χ0v) is 15.7. The van der Waals surface area contributed by atoms with Gasteiger partial charge in [-0.1, -0.05) is 36.1 Å². The van der Waals surface area contributed by atoms with Gasteiger partial charge in [0.1, 0.15) is 0 Å². The molecule has 0 aliphatic carbocycles. The number of hydrogen-bond donors (Lipinski definition) is 2. The first-order chi connectivity index (χ1) is 12.1. The molecular formula is C16H20N4O3S2. The van der Waals surface area contributed by atoms with E-state index in [0.29, 0.717) is 29.4 Å². The number of aromatic nitrogens is 2. The zero-order chi connectivity index (χ0) is 18.1. The number of carbonyl (C=O) groups excluding carboxylic acids is 2. The Kier molecular flexibility index (Phi) is 7.83. The lowest BCUT2D eigenvalue weighted by Crippen LogP contribution is -2.14. The highest BCUT2D eigenvalue weighted by atomic mass is 32.2. The quantitative estimate of drug-likeness (QED) is 0.394. The van der Waals surface area contributed by atoms with E-state index in [4.69, 9.17) is 4.74 Å². The monoisotopic (exact) mass is 380 g/mol. The summed E-state index contributed by atoms with van der Waals surface area (Å²) in [4.78, 5) is 24.0. The third kappa shape index (κ3) is 6.45. The van der Waals surface area contributed by atoms with E-state index in [1.165, 1.54) is 23.1 Å². The molecule has 2 aromatic rings. The molecule has 1 aromatic carbocycles. The average Bonchev–Trinajstić information content (AvgIpc) is 3.03. The van der Waals surface area contributed by atoms with Crippen molar-refractivity contribution in [2.45, 2.75) is 24.1 Å². The lowest BCUT2D eigenvalue weighted by atomic mass is 10.2. The number of ether oxygens (including phenoxy) is 1. The number of methoxy groups -OCH3 is 1. The smallest absolute Gasteiger partial charge is 0.257 e. The molecule has 0 aliphatic heterocycles. The van der Waals surface area contributed by atoms with E-state index in [0.717, 1.165) is 16.5 Å². The van der Waals surface area contributed by atoms with E-state index >= 15 is 0 Å². The van der Waals surface area contributed by atoms with Gasteiger partial charge in [0, 0.05) is 30.5 Å². The first-order valence-electron chi connectivity index (χ1n) is 7.79. The summed E-state index contributed by atoms with van der Waals surface area (Å²) >= 11 is 2.83. The molecule has 0 aliphatic rings. The summed E-state index contributed by atoms with van der Waals surface area (Å²) in [5.41, 5.74) is 1.04. The SMILES string of the molecule is CCCC(=O)Nc1cccc(C(=O)Nc2nnc(SCCOC)s2)c1. The second-order valence-corrected chi connectivity index (χ2v) is 7.37. The first kappa shape index (κ1) is 19.4. The van der Waals surface area contributed by atoms with Gasteiger partial charge in [0.15, 0.2) is 4.34 Å². The van der Waals surface area contributed by atoms with E-state index < -0.39 is 0 Å². The molecule has 7 nitrogen and oxygen atoms in total. The lowest BCUT2D eigenvalue weighted by molar-refractivity contribution is -0.116. The number of nitrogens with one attached hydrogen (secondary N) is 2. The van der Waals surface area contributed by atoms with Crippen LogP contribution in [0.1, 0.15) is 30.1 Å². The molecule has 0 saturated heterocycles. The third-order valence-corrected chi connectivity index (χ3v) is 4.96. The molecule has 25 heavy (non-hydrogen) atoms. The maximum absolute atomic E-state index is 12.3. The molecule has 0 radical (unpaired) electrons. The Morgan fingerprint density at radius 3 is 2.88 bits per heavy atom. The minimum atomic E-state index is -0.295. The van der Waals surface area contributed by atoms with E-state index in [-0.39, 0.29) is 11.8 Å². The van der Waals surface area contributed by atoms with Gasteiger partial charge >= 0.3 is 0 Å². The van der Waals surface area contributed by atoms with Crippen LogP contribution in [-0.4, -0.2) is 41.5 Å². The Morgan fingerprint density at radius 2 is 2.12 bits per heavy atom. The number of amides is 2. The van der Waals surface area contributed by atoms with E-state index in [9.17, 15) is 9.59 Å². The standard InChI is InChI=1S/C16H20N4O3S2/c1-3-5-13(21)17-12-7-4-6-11(10-12)14(22)18-15-19-20-16(25-15)24-9-8-23-2/h4,6-7,10H,3,5,8-9H2,1-2H3,(H,17,21)(H,18,19,22). The third-order valence-electron chi connectivity index (χ3n) is 3.03. The molecular weight excluding hydrogens is 360 g/mol. The van der Waals surface area contributed by atoms with Crippen molar-refractivity contribution in [1.82, 2.24) is 10.2 Å². The van der Waals surface area contributed by atoms with Crippen LogP contribution < -0.4 is 10.6 Å². The summed E-state index contributed by atoms with van der Waals surface area (Å²) in [6, 6.07) is 6.79. The summed E-state index contributed by atoms with van der Waals surface area (Å²) in [6.07, 6.45) is 1.22. The van der Waals surface area contributed by atoms with Crippen molar-refractivity contribution in [1.29, 1.82) is 0 Å². The number of nitrogens with zero attached hydrogens (tertiary/aromatic N) is 2. The molecule has 9 heteroatoms. The van der Waals surface area contributed by atoms with Gasteiger partial charge in [-0.2, -0.15) is 0 Å². The van der Waals surface area contributed by atoms with E-state index in [2.05, 4.69) is 20.8 Å². The molecule has 2 amide bonds. The summed E-state index contributed by atoms with van der Waals surface area (Å²) in [7, 11) is 1.64. The van der Waals surface area contributed by atoms with Crippen LogP contribution >= 0.6 is 23.1 Å². The summed E-state index contributed by atoms with van der Waals surface area (Å²) in [5.74, 6) is 0.413. The van der Waals surface area contributed by atoms with Crippen LogP contribution in [0.15, 0.2) is 28.6 Å².